The van der Waals surface area contributed by atoms with Crippen LogP contribution in [0.5, 0.6) is 0 Å². The van der Waals surface area contributed by atoms with Gasteiger partial charge in [-0.1, -0.05) is 37.3 Å². The number of carbonyl (C=O) groups is 2. The Morgan fingerprint density at radius 1 is 1.12 bits per heavy atom. The summed E-state index contributed by atoms with van der Waals surface area (Å²) in [6, 6.07) is 10.6. The van der Waals surface area contributed by atoms with Crippen molar-refractivity contribution in [1.29, 1.82) is 0 Å². The Morgan fingerprint density at radius 3 is 2.32 bits per heavy atom. The fourth-order valence-electron chi connectivity index (χ4n) is 4.14. The summed E-state index contributed by atoms with van der Waals surface area (Å²) in [7, 11) is 0. The second-order valence-electron chi connectivity index (χ2n) is 6.73. The second kappa shape index (κ2) is 6.36. The number of benzene rings is 2. The number of anilines is 1. The summed E-state index contributed by atoms with van der Waals surface area (Å²) in [5.41, 5.74) is 5.58. The maximum absolute atomic E-state index is 12.5. The van der Waals surface area contributed by atoms with Crippen molar-refractivity contribution in [2.24, 2.45) is 0 Å². The van der Waals surface area contributed by atoms with Crippen molar-refractivity contribution in [2.45, 2.75) is 46.1 Å². The minimum absolute atomic E-state index is 0.0676. The fraction of sp³-hybridized carbons (Fsp3) is 0.333. The van der Waals surface area contributed by atoms with Crippen LogP contribution in [0.4, 0.5) is 5.69 Å². The molecule has 0 aromatic heterocycles. The van der Waals surface area contributed by atoms with Crippen LogP contribution in [0.2, 0.25) is 0 Å². The molecular weight excluding hydrogens is 314 g/mol. The molecule has 3 rings (SSSR count). The molecule has 130 valence electrons. The molecule has 0 radical (unpaired) electrons. The number of nitrogens with zero attached hydrogens (tertiary/aromatic N) is 1. The standard InChI is InChI=1S/C21H23NO3/c1-5-15-16-8-6-7-9-17(16)20(21(24)25)22(14(4)23)18-11-12(2)10-13(3)19(15)18/h6-11,15,20H,5H2,1-4H3,(H,24,25)/t15-,20+/m0/s1. The molecule has 4 nitrogen and oxygen atoms in total. The largest absolute Gasteiger partial charge is 0.479 e. The van der Waals surface area contributed by atoms with Gasteiger partial charge in [0, 0.05) is 18.5 Å². The lowest BCUT2D eigenvalue weighted by molar-refractivity contribution is -0.140. The van der Waals surface area contributed by atoms with Crippen LogP contribution in [-0.4, -0.2) is 17.0 Å². The van der Waals surface area contributed by atoms with Crippen LogP contribution < -0.4 is 4.90 Å². The molecule has 2 atom stereocenters. The summed E-state index contributed by atoms with van der Waals surface area (Å²) in [4.78, 5) is 26.1. The van der Waals surface area contributed by atoms with Crippen molar-refractivity contribution in [3.05, 3.63) is 64.2 Å². The highest BCUT2D eigenvalue weighted by molar-refractivity contribution is 6.00. The minimum atomic E-state index is -1.01. The topological polar surface area (TPSA) is 57.6 Å². The van der Waals surface area contributed by atoms with E-state index in [-0.39, 0.29) is 11.8 Å². The van der Waals surface area contributed by atoms with Crippen LogP contribution >= 0.6 is 0 Å². The molecule has 4 heteroatoms. The summed E-state index contributed by atoms with van der Waals surface area (Å²) in [5, 5.41) is 9.96. The van der Waals surface area contributed by atoms with Gasteiger partial charge in [0.15, 0.2) is 6.04 Å². The molecule has 0 aliphatic carbocycles. The Balaban J connectivity index is 2.45. The normalized spacial score (nSPS) is 19.0. The molecule has 0 fully saturated rings. The summed E-state index contributed by atoms with van der Waals surface area (Å²) in [5.74, 6) is -1.20. The molecule has 1 aliphatic heterocycles. The van der Waals surface area contributed by atoms with Gasteiger partial charge < -0.3 is 5.11 Å². The van der Waals surface area contributed by atoms with Crippen molar-refractivity contribution < 1.29 is 14.7 Å². The molecule has 0 unspecified atom stereocenters. The maximum atomic E-state index is 12.5. The monoisotopic (exact) mass is 337 g/mol. The lowest BCUT2D eigenvalue weighted by Crippen LogP contribution is -2.37. The average Bonchev–Trinajstić information content (AvgIpc) is 2.67. The third-order valence-electron chi connectivity index (χ3n) is 5.02. The third-order valence-corrected chi connectivity index (χ3v) is 5.02. The van der Waals surface area contributed by atoms with E-state index in [2.05, 4.69) is 13.0 Å². The Hall–Kier alpha value is -2.62. The zero-order valence-corrected chi connectivity index (χ0v) is 15.0. The highest BCUT2D eigenvalue weighted by Crippen LogP contribution is 2.46. The van der Waals surface area contributed by atoms with Gasteiger partial charge >= 0.3 is 5.97 Å². The van der Waals surface area contributed by atoms with Crippen LogP contribution in [0.15, 0.2) is 36.4 Å². The first-order chi connectivity index (χ1) is 11.9. The van der Waals surface area contributed by atoms with Gasteiger partial charge in [-0.15, -0.1) is 0 Å². The van der Waals surface area contributed by atoms with E-state index in [9.17, 15) is 14.7 Å². The molecule has 0 saturated heterocycles. The molecule has 1 aliphatic rings. The molecule has 0 spiro atoms. The Morgan fingerprint density at radius 2 is 1.76 bits per heavy atom. The van der Waals surface area contributed by atoms with Gasteiger partial charge in [0.25, 0.3) is 0 Å². The first kappa shape index (κ1) is 17.2. The second-order valence-corrected chi connectivity index (χ2v) is 6.73. The van der Waals surface area contributed by atoms with E-state index in [0.717, 1.165) is 34.4 Å². The number of hydrogen-bond acceptors (Lipinski definition) is 2. The predicted octanol–water partition coefficient (Wildman–Crippen LogP) is 4.34. The number of carbonyl (C=O) groups excluding carboxylic acids is 1. The van der Waals surface area contributed by atoms with E-state index in [1.54, 1.807) is 0 Å². The Kier molecular flexibility index (Phi) is 4.38. The average molecular weight is 337 g/mol. The van der Waals surface area contributed by atoms with Gasteiger partial charge in [-0.25, -0.2) is 4.79 Å². The Labute approximate surface area is 148 Å². The number of fused-ring (bicyclic) bond motifs is 2. The van der Waals surface area contributed by atoms with Crippen LogP contribution in [0.3, 0.4) is 0 Å². The molecule has 1 heterocycles. The molecule has 2 aromatic rings. The highest BCUT2D eigenvalue weighted by Gasteiger charge is 2.39. The zero-order chi connectivity index (χ0) is 18.3. The first-order valence-electron chi connectivity index (χ1n) is 8.59. The molecule has 1 N–H and O–H groups in total. The van der Waals surface area contributed by atoms with Crippen molar-refractivity contribution in [2.75, 3.05) is 4.90 Å². The van der Waals surface area contributed by atoms with E-state index < -0.39 is 12.0 Å². The Bertz CT molecular complexity index is 856. The molecular formula is C21H23NO3. The summed E-state index contributed by atoms with van der Waals surface area (Å²) < 4.78 is 0. The molecule has 2 aromatic carbocycles. The zero-order valence-electron chi connectivity index (χ0n) is 15.0. The van der Waals surface area contributed by atoms with E-state index in [4.69, 9.17) is 0 Å². The lowest BCUT2D eigenvalue weighted by atomic mass is 9.83. The number of rotatable bonds is 2. The number of carboxylic acids is 1. The van der Waals surface area contributed by atoms with Gasteiger partial charge in [-0.2, -0.15) is 0 Å². The van der Waals surface area contributed by atoms with Crippen LogP contribution in [0.25, 0.3) is 0 Å². The van der Waals surface area contributed by atoms with E-state index >= 15 is 0 Å². The summed E-state index contributed by atoms with van der Waals surface area (Å²) in [6.45, 7) is 7.55. The number of carboxylic acid groups (broad SMARTS) is 1. The first-order valence-corrected chi connectivity index (χ1v) is 8.59. The van der Waals surface area contributed by atoms with E-state index in [1.165, 1.54) is 11.8 Å². The predicted molar refractivity (Wildman–Crippen MR) is 98.0 cm³/mol. The van der Waals surface area contributed by atoms with Gasteiger partial charge in [-0.3, -0.25) is 9.69 Å². The number of aliphatic carboxylic acids is 1. The van der Waals surface area contributed by atoms with Crippen LogP contribution in [0, 0.1) is 13.8 Å². The molecule has 0 saturated carbocycles. The van der Waals surface area contributed by atoms with Crippen LogP contribution in [-0.2, 0) is 9.59 Å². The van der Waals surface area contributed by atoms with Crippen LogP contribution in [0.1, 0.15) is 60.0 Å². The molecule has 25 heavy (non-hydrogen) atoms. The van der Waals surface area contributed by atoms with Crippen molar-refractivity contribution >= 4 is 17.6 Å². The fourth-order valence-corrected chi connectivity index (χ4v) is 4.14. The summed E-state index contributed by atoms with van der Waals surface area (Å²) in [6.07, 6.45) is 0.839. The highest BCUT2D eigenvalue weighted by atomic mass is 16.4. The van der Waals surface area contributed by atoms with Gasteiger partial charge in [0.05, 0.1) is 0 Å². The minimum Gasteiger partial charge on any atom is -0.479 e. The van der Waals surface area contributed by atoms with Crippen molar-refractivity contribution in [3.8, 4) is 0 Å². The van der Waals surface area contributed by atoms with Crippen molar-refractivity contribution in [3.63, 3.8) is 0 Å². The molecule has 1 amide bonds. The number of hydrogen-bond donors (Lipinski definition) is 1. The SMILES string of the molecule is CC[C@H]1c2ccccc2[C@H](C(=O)O)N(C(C)=O)c2cc(C)cc(C)c21. The lowest BCUT2D eigenvalue weighted by Gasteiger charge is -2.29. The van der Waals surface area contributed by atoms with E-state index in [0.29, 0.717) is 5.56 Å². The maximum Gasteiger partial charge on any atom is 0.331 e. The molecule has 0 bridgehead atoms. The quantitative estimate of drug-likeness (QED) is 0.887. The van der Waals surface area contributed by atoms with Gasteiger partial charge in [-0.05, 0) is 54.2 Å². The number of amides is 1. The smallest absolute Gasteiger partial charge is 0.331 e. The number of aryl methyl sites for hydroxylation is 2. The van der Waals surface area contributed by atoms with Gasteiger partial charge in [0.2, 0.25) is 5.91 Å². The van der Waals surface area contributed by atoms with Crippen molar-refractivity contribution in [1.82, 2.24) is 0 Å². The summed E-state index contributed by atoms with van der Waals surface area (Å²) >= 11 is 0. The van der Waals surface area contributed by atoms with Gasteiger partial charge in [0.1, 0.15) is 0 Å². The van der Waals surface area contributed by atoms with E-state index in [1.807, 2.05) is 44.2 Å². The third kappa shape index (κ3) is 2.72.